The number of rotatable bonds is 6. The van der Waals surface area contributed by atoms with E-state index in [2.05, 4.69) is 16.8 Å². The number of piperazine rings is 1. The van der Waals surface area contributed by atoms with Gasteiger partial charge in [0.25, 0.3) is 5.56 Å². The van der Waals surface area contributed by atoms with E-state index in [9.17, 15) is 9.59 Å². The molecule has 1 fully saturated rings. The summed E-state index contributed by atoms with van der Waals surface area (Å²) in [5, 5.41) is 1.94. The second-order valence-electron chi connectivity index (χ2n) is 9.41. The Labute approximate surface area is 233 Å². The minimum atomic E-state index is -0.643. The van der Waals surface area contributed by atoms with E-state index < -0.39 is 12.0 Å². The standard InChI is InChI=1S/C29H28N4O4S2/c1-3-36-28(35)24-25(19-8-5-4-6-9-19)30-29-33(26(24)21-10-7-17-38-21)27(34)22(39-29)18-20-11-12-23(37-20)32-15-13-31(2)14-16-32/h4-12,17-18,26H,3,13-16H2,1-2H3/b22-18-/t26-/m0/s1. The van der Waals surface area contributed by atoms with Gasteiger partial charge in [-0.05, 0) is 31.5 Å². The van der Waals surface area contributed by atoms with Crippen LogP contribution in [0, 0.1) is 0 Å². The number of nitrogens with zero attached hydrogens (tertiary/aromatic N) is 4. The minimum absolute atomic E-state index is 0.219. The van der Waals surface area contributed by atoms with E-state index in [0.717, 1.165) is 42.5 Å². The van der Waals surface area contributed by atoms with Crippen LogP contribution >= 0.6 is 22.7 Å². The zero-order valence-electron chi connectivity index (χ0n) is 21.7. The minimum Gasteiger partial charge on any atom is -0.463 e. The largest absolute Gasteiger partial charge is 0.463 e. The maximum absolute atomic E-state index is 13.9. The molecule has 4 aromatic rings. The normalized spacial score (nSPS) is 18.3. The summed E-state index contributed by atoms with van der Waals surface area (Å²) in [6.07, 6.45) is 1.77. The summed E-state index contributed by atoms with van der Waals surface area (Å²) in [6, 6.07) is 16.6. The molecule has 0 amide bonds. The molecule has 1 saturated heterocycles. The van der Waals surface area contributed by atoms with Gasteiger partial charge in [0.05, 0.1) is 22.4 Å². The van der Waals surface area contributed by atoms with E-state index in [-0.39, 0.29) is 12.2 Å². The molecule has 10 heteroatoms. The lowest BCUT2D eigenvalue weighted by Gasteiger charge is -2.32. The molecule has 5 heterocycles. The highest BCUT2D eigenvalue weighted by atomic mass is 32.1. The molecule has 200 valence electrons. The van der Waals surface area contributed by atoms with Crippen molar-refractivity contribution in [1.29, 1.82) is 0 Å². The first-order chi connectivity index (χ1) is 19.0. The molecule has 2 aliphatic rings. The molecule has 39 heavy (non-hydrogen) atoms. The molecule has 0 N–H and O–H groups in total. The van der Waals surface area contributed by atoms with Crippen LogP contribution in [0.4, 0.5) is 5.88 Å². The highest BCUT2D eigenvalue weighted by Crippen LogP contribution is 2.36. The lowest BCUT2D eigenvalue weighted by Crippen LogP contribution is -2.44. The van der Waals surface area contributed by atoms with Crippen LogP contribution < -0.4 is 19.8 Å². The Morgan fingerprint density at radius 3 is 2.62 bits per heavy atom. The molecule has 0 aliphatic carbocycles. The number of ether oxygens (including phenoxy) is 1. The van der Waals surface area contributed by atoms with Gasteiger partial charge in [0, 0.05) is 48.8 Å². The predicted octanol–water partition coefficient (Wildman–Crippen LogP) is 3.34. The summed E-state index contributed by atoms with van der Waals surface area (Å²) in [5.74, 6) is 0.931. The van der Waals surface area contributed by atoms with Gasteiger partial charge in [-0.15, -0.1) is 11.3 Å². The number of hydrogen-bond acceptors (Lipinski definition) is 9. The van der Waals surface area contributed by atoms with Crippen LogP contribution in [-0.4, -0.2) is 55.3 Å². The molecule has 0 radical (unpaired) electrons. The van der Waals surface area contributed by atoms with Gasteiger partial charge in [-0.2, -0.15) is 0 Å². The quantitative estimate of drug-likeness (QED) is 0.337. The maximum atomic E-state index is 13.9. The highest BCUT2D eigenvalue weighted by molar-refractivity contribution is 7.10. The Morgan fingerprint density at radius 2 is 1.90 bits per heavy atom. The lowest BCUT2D eigenvalue weighted by molar-refractivity contribution is -0.138. The summed E-state index contributed by atoms with van der Waals surface area (Å²) in [4.78, 5) is 38.1. The second kappa shape index (κ2) is 10.8. The van der Waals surface area contributed by atoms with Crippen molar-refractivity contribution in [3.63, 3.8) is 0 Å². The summed E-state index contributed by atoms with van der Waals surface area (Å²) < 4.78 is 13.7. The number of furan rings is 1. The van der Waals surface area contributed by atoms with E-state index in [4.69, 9.17) is 14.1 Å². The van der Waals surface area contributed by atoms with Crippen molar-refractivity contribution >= 4 is 46.3 Å². The Kier molecular flexibility index (Phi) is 7.07. The molecule has 6 rings (SSSR count). The number of carbonyl (C=O) groups excluding carboxylic acids is 1. The average Bonchev–Trinajstić information content (AvgIpc) is 3.71. The molecule has 0 bridgehead atoms. The van der Waals surface area contributed by atoms with E-state index >= 15 is 0 Å². The van der Waals surface area contributed by atoms with Crippen molar-refractivity contribution in [3.05, 3.63) is 101 Å². The van der Waals surface area contributed by atoms with Crippen LogP contribution in [0.15, 0.2) is 79.8 Å². The molecule has 1 atom stereocenters. The average molecular weight is 561 g/mol. The monoisotopic (exact) mass is 560 g/mol. The zero-order valence-corrected chi connectivity index (χ0v) is 23.3. The number of thiazole rings is 1. The highest BCUT2D eigenvalue weighted by Gasteiger charge is 2.35. The van der Waals surface area contributed by atoms with Crippen molar-refractivity contribution in [2.24, 2.45) is 4.99 Å². The van der Waals surface area contributed by atoms with Crippen molar-refractivity contribution in [2.45, 2.75) is 13.0 Å². The van der Waals surface area contributed by atoms with E-state index in [0.29, 0.717) is 26.4 Å². The maximum Gasteiger partial charge on any atom is 0.338 e. The van der Waals surface area contributed by atoms with E-state index in [1.165, 1.54) is 22.7 Å². The number of aromatic nitrogens is 1. The van der Waals surface area contributed by atoms with Crippen LogP contribution in [0.2, 0.25) is 0 Å². The van der Waals surface area contributed by atoms with Crippen LogP contribution in [0.3, 0.4) is 0 Å². The number of benzene rings is 1. The van der Waals surface area contributed by atoms with Gasteiger partial charge in [0.2, 0.25) is 0 Å². The van der Waals surface area contributed by atoms with Crippen molar-refractivity contribution < 1.29 is 13.9 Å². The Hall–Kier alpha value is -3.73. The first kappa shape index (κ1) is 25.5. The number of carbonyl (C=O) groups is 1. The van der Waals surface area contributed by atoms with Gasteiger partial charge in [-0.1, -0.05) is 47.7 Å². The number of esters is 1. The topological polar surface area (TPSA) is 80.3 Å². The Balaban J connectivity index is 1.49. The predicted molar refractivity (Wildman–Crippen MR) is 154 cm³/mol. The summed E-state index contributed by atoms with van der Waals surface area (Å²) in [5.41, 5.74) is 1.46. The molecule has 0 unspecified atom stereocenters. The fraction of sp³-hybridized carbons (Fsp3) is 0.276. The molecule has 2 aliphatic heterocycles. The second-order valence-corrected chi connectivity index (χ2v) is 11.4. The molecule has 0 spiro atoms. The number of fused-ring (bicyclic) bond motifs is 1. The molecule has 0 saturated carbocycles. The van der Waals surface area contributed by atoms with Crippen molar-refractivity contribution in [2.75, 3.05) is 44.7 Å². The van der Waals surface area contributed by atoms with Crippen LogP contribution in [0.5, 0.6) is 0 Å². The molecular weight excluding hydrogens is 532 g/mol. The number of hydrogen-bond donors (Lipinski definition) is 0. The van der Waals surface area contributed by atoms with Crippen LogP contribution in [0.25, 0.3) is 11.8 Å². The first-order valence-corrected chi connectivity index (χ1v) is 14.6. The molecule has 1 aromatic carbocycles. The van der Waals surface area contributed by atoms with Gasteiger partial charge in [0.1, 0.15) is 11.8 Å². The number of likely N-dealkylation sites (N-methyl/N-ethyl adjacent to an activating group) is 1. The summed E-state index contributed by atoms with van der Waals surface area (Å²) >= 11 is 2.79. The van der Waals surface area contributed by atoms with Gasteiger partial charge in [0.15, 0.2) is 10.7 Å². The third-order valence-electron chi connectivity index (χ3n) is 6.89. The zero-order chi connectivity index (χ0) is 26.9. The van der Waals surface area contributed by atoms with Crippen molar-refractivity contribution in [3.8, 4) is 0 Å². The van der Waals surface area contributed by atoms with Gasteiger partial charge in [-0.3, -0.25) is 9.36 Å². The lowest BCUT2D eigenvalue weighted by atomic mass is 9.97. The fourth-order valence-corrected chi connectivity index (χ4v) is 6.71. The van der Waals surface area contributed by atoms with Gasteiger partial charge >= 0.3 is 5.97 Å². The van der Waals surface area contributed by atoms with Gasteiger partial charge in [-0.25, -0.2) is 9.79 Å². The smallest absolute Gasteiger partial charge is 0.338 e. The summed E-state index contributed by atoms with van der Waals surface area (Å²) in [6.45, 7) is 5.74. The summed E-state index contributed by atoms with van der Waals surface area (Å²) in [7, 11) is 2.12. The Bertz CT molecular complexity index is 1690. The van der Waals surface area contributed by atoms with Crippen LogP contribution in [0.1, 0.15) is 29.2 Å². The molecule has 3 aromatic heterocycles. The third-order valence-corrected chi connectivity index (χ3v) is 8.79. The number of thiophene rings is 1. The van der Waals surface area contributed by atoms with Crippen molar-refractivity contribution in [1.82, 2.24) is 9.47 Å². The van der Waals surface area contributed by atoms with Crippen LogP contribution in [-0.2, 0) is 9.53 Å². The molecule has 8 nitrogen and oxygen atoms in total. The SMILES string of the molecule is CCOC(=O)C1=C(c2ccccc2)N=c2s/c(=C\c3ccc(N4CCN(C)CC4)o3)c(=O)n2[C@H]1c1cccs1. The van der Waals surface area contributed by atoms with E-state index in [1.54, 1.807) is 17.6 Å². The Morgan fingerprint density at radius 1 is 1.10 bits per heavy atom. The molecular formula is C29H28N4O4S2. The third kappa shape index (κ3) is 4.91. The fourth-order valence-electron chi connectivity index (χ4n) is 4.90. The van der Waals surface area contributed by atoms with Gasteiger partial charge < -0.3 is 19.0 Å². The van der Waals surface area contributed by atoms with E-state index in [1.807, 2.05) is 60.0 Å². The first-order valence-electron chi connectivity index (χ1n) is 12.9. The number of anilines is 1.